The molecule has 2 aromatic heterocycles. The third kappa shape index (κ3) is 5.01. The third-order valence-electron chi connectivity index (χ3n) is 4.05. The van der Waals surface area contributed by atoms with Crippen molar-refractivity contribution < 1.29 is 9.59 Å². The number of rotatable bonds is 7. The first-order chi connectivity index (χ1) is 13.2. The average molecular weight is 363 g/mol. The van der Waals surface area contributed by atoms with Crippen LogP contribution in [0.3, 0.4) is 0 Å². The molecule has 7 nitrogen and oxygen atoms in total. The smallest absolute Gasteiger partial charge is 0.248 e. The molecule has 0 spiro atoms. The van der Waals surface area contributed by atoms with Crippen molar-refractivity contribution in [3.8, 4) is 11.3 Å². The van der Waals surface area contributed by atoms with E-state index in [1.807, 2.05) is 43.3 Å². The predicted molar refractivity (Wildman–Crippen MR) is 103 cm³/mol. The third-order valence-corrected chi connectivity index (χ3v) is 4.05. The van der Waals surface area contributed by atoms with E-state index in [0.29, 0.717) is 12.2 Å². The lowest BCUT2D eigenvalue weighted by Crippen LogP contribution is -2.44. The number of nitrogens with one attached hydrogen (secondary N) is 3. The zero-order valence-corrected chi connectivity index (χ0v) is 15.0. The number of hydrogen-bond acceptors (Lipinski definition) is 4. The number of H-pyrrole nitrogens is 1. The van der Waals surface area contributed by atoms with E-state index >= 15 is 0 Å². The molecule has 0 fully saturated rings. The second kappa shape index (κ2) is 8.75. The number of carbonyl (C=O) groups excluding carboxylic acids is 2. The molecule has 0 radical (unpaired) electrons. The van der Waals surface area contributed by atoms with Gasteiger partial charge in [0.2, 0.25) is 11.8 Å². The van der Waals surface area contributed by atoms with E-state index in [4.69, 9.17) is 0 Å². The summed E-state index contributed by atoms with van der Waals surface area (Å²) in [4.78, 5) is 28.7. The molecule has 27 heavy (non-hydrogen) atoms. The minimum Gasteiger partial charge on any atom is -0.344 e. The maximum Gasteiger partial charge on any atom is 0.248 e. The predicted octanol–water partition coefficient (Wildman–Crippen LogP) is 2.55. The molecule has 1 atom stereocenters. The maximum absolute atomic E-state index is 12.5. The highest BCUT2D eigenvalue weighted by molar-refractivity contribution is 5.97. The number of benzene rings is 1. The molecule has 3 rings (SSSR count). The number of pyridine rings is 1. The molecule has 1 unspecified atom stereocenters. The fourth-order valence-corrected chi connectivity index (χ4v) is 2.65. The Kier molecular flexibility index (Phi) is 5.94. The molecular weight excluding hydrogens is 342 g/mol. The summed E-state index contributed by atoms with van der Waals surface area (Å²) in [6, 6.07) is 14.4. The zero-order chi connectivity index (χ0) is 19.1. The van der Waals surface area contributed by atoms with Crippen LogP contribution in [-0.2, 0) is 16.0 Å². The molecular formula is C20H21N5O2. The number of nitrogens with zero attached hydrogens (tertiary/aromatic N) is 2. The van der Waals surface area contributed by atoms with Crippen LogP contribution in [0.5, 0.6) is 0 Å². The first kappa shape index (κ1) is 18.3. The Bertz CT molecular complexity index is 893. The van der Waals surface area contributed by atoms with Crippen molar-refractivity contribution in [2.24, 2.45) is 0 Å². The molecule has 2 heterocycles. The van der Waals surface area contributed by atoms with Crippen molar-refractivity contribution in [1.29, 1.82) is 0 Å². The minimum absolute atomic E-state index is 0.180. The van der Waals surface area contributed by atoms with E-state index in [1.54, 1.807) is 24.5 Å². The van der Waals surface area contributed by atoms with Crippen molar-refractivity contribution >= 4 is 17.6 Å². The Morgan fingerprint density at radius 3 is 2.67 bits per heavy atom. The molecule has 0 aliphatic rings. The van der Waals surface area contributed by atoms with E-state index < -0.39 is 6.04 Å². The van der Waals surface area contributed by atoms with E-state index in [-0.39, 0.29) is 18.2 Å². The van der Waals surface area contributed by atoms with Gasteiger partial charge in [-0.15, -0.1) is 0 Å². The van der Waals surface area contributed by atoms with Crippen LogP contribution in [-0.4, -0.2) is 33.0 Å². The van der Waals surface area contributed by atoms with Gasteiger partial charge in [-0.25, -0.2) is 0 Å². The molecule has 3 N–H and O–H groups in total. The van der Waals surface area contributed by atoms with Gasteiger partial charge < -0.3 is 10.6 Å². The highest BCUT2D eigenvalue weighted by Crippen LogP contribution is 2.19. The van der Waals surface area contributed by atoms with Gasteiger partial charge in [-0.2, -0.15) is 5.10 Å². The van der Waals surface area contributed by atoms with E-state index in [1.165, 1.54) is 0 Å². The van der Waals surface area contributed by atoms with Gasteiger partial charge in [0, 0.05) is 24.0 Å². The zero-order valence-electron chi connectivity index (χ0n) is 15.0. The van der Waals surface area contributed by atoms with E-state index in [0.717, 1.165) is 16.8 Å². The summed E-state index contributed by atoms with van der Waals surface area (Å²) in [7, 11) is 0. The van der Waals surface area contributed by atoms with Crippen LogP contribution in [0.15, 0.2) is 60.9 Å². The fraction of sp³-hybridized carbons (Fsp3) is 0.200. The molecule has 7 heteroatoms. The van der Waals surface area contributed by atoms with Gasteiger partial charge in [0.25, 0.3) is 0 Å². The van der Waals surface area contributed by atoms with E-state index in [2.05, 4.69) is 25.8 Å². The lowest BCUT2D eigenvalue weighted by atomic mass is 10.1. The van der Waals surface area contributed by atoms with Crippen molar-refractivity contribution in [2.45, 2.75) is 25.8 Å². The minimum atomic E-state index is -0.627. The van der Waals surface area contributed by atoms with Gasteiger partial charge in [-0.3, -0.25) is 19.7 Å². The van der Waals surface area contributed by atoms with Crippen LogP contribution < -0.4 is 10.6 Å². The number of anilines is 1. The number of aromatic amines is 1. The van der Waals surface area contributed by atoms with Gasteiger partial charge in [-0.05, 0) is 18.1 Å². The summed E-state index contributed by atoms with van der Waals surface area (Å²) in [5.74, 6) is -0.0290. The molecule has 0 bridgehead atoms. The first-order valence-electron chi connectivity index (χ1n) is 8.75. The summed E-state index contributed by atoms with van der Waals surface area (Å²) < 4.78 is 0. The SMILES string of the molecule is CCC(NC(=O)Cc1cccnc1)C(=O)Nc1cc(-c2ccccc2)n[nH]1. The highest BCUT2D eigenvalue weighted by Gasteiger charge is 2.20. The molecule has 2 amide bonds. The quantitative estimate of drug-likeness (QED) is 0.601. The Morgan fingerprint density at radius 1 is 1.15 bits per heavy atom. The van der Waals surface area contributed by atoms with E-state index in [9.17, 15) is 9.59 Å². The Balaban J connectivity index is 1.59. The van der Waals surface area contributed by atoms with Gasteiger partial charge in [-0.1, -0.05) is 43.3 Å². The molecule has 0 saturated carbocycles. The van der Waals surface area contributed by atoms with Crippen molar-refractivity contribution in [3.63, 3.8) is 0 Å². The molecule has 1 aromatic carbocycles. The number of carbonyl (C=O) groups is 2. The molecule has 0 aliphatic heterocycles. The summed E-state index contributed by atoms with van der Waals surface area (Å²) in [5, 5.41) is 12.5. The monoisotopic (exact) mass is 363 g/mol. The fourth-order valence-electron chi connectivity index (χ4n) is 2.65. The lowest BCUT2D eigenvalue weighted by molar-refractivity contribution is -0.126. The van der Waals surface area contributed by atoms with Gasteiger partial charge in [0.05, 0.1) is 12.1 Å². The summed E-state index contributed by atoms with van der Waals surface area (Å²) >= 11 is 0. The molecule has 0 aliphatic carbocycles. The van der Waals surface area contributed by atoms with Crippen molar-refractivity contribution in [1.82, 2.24) is 20.5 Å². The van der Waals surface area contributed by atoms with Crippen molar-refractivity contribution in [2.75, 3.05) is 5.32 Å². The summed E-state index contributed by atoms with van der Waals surface area (Å²) in [6.07, 6.45) is 3.94. The average Bonchev–Trinajstić information content (AvgIpc) is 3.16. The second-order valence-electron chi connectivity index (χ2n) is 6.09. The highest BCUT2D eigenvalue weighted by atomic mass is 16.2. The van der Waals surface area contributed by atoms with Crippen LogP contribution >= 0.6 is 0 Å². The van der Waals surface area contributed by atoms with Crippen LogP contribution in [0, 0.1) is 0 Å². The van der Waals surface area contributed by atoms with Crippen LogP contribution in [0.2, 0.25) is 0 Å². The molecule has 138 valence electrons. The van der Waals surface area contributed by atoms with Crippen LogP contribution in [0.4, 0.5) is 5.82 Å². The topological polar surface area (TPSA) is 99.8 Å². The van der Waals surface area contributed by atoms with Crippen LogP contribution in [0.1, 0.15) is 18.9 Å². The Hall–Kier alpha value is -3.48. The van der Waals surface area contributed by atoms with Crippen LogP contribution in [0.25, 0.3) is 11.3 Å². The summed E-state index contributed by atoms with van der Waals surface area (Å²) in [5.41, 5.74) is 2.48. The molecule has 3 aromatic rings. The Morgan fingerprint density at radius 2 is 1.96 bits per heavy atom. The normalized spacial score (nSPS) is 11.6. The number of aromatic nitrogens is 3. The van der Waals surface area contributed by atoms with Crippen molar-refractivity contribution in [3.05, 3.63) is 66.5 Å². The number of amides is 2. The standard InChI is InChI=1S/C20H21N5O2/c1-2-16(22-19(26)11-14-7-6-10-21-13-14)20(27)23-18-12-17(24-25-18)15-8-4-3-5-9-15/h3-10,12-13,16H,2,11H2,1H3,(H,22,26)(H2,23,24,25,27). The largest absolute Gasteiger partial charge is 0.344 e. The molecule has 0 saturated heterocycles. The van der Waals surface area contributed by atoms with Gasteiger partial charge in [0.1, 0.15) is 11.9 Å². The Labute approximate surface area is 157 Å². The van der Waals surface area contributed by atoms with Gasteiger partial charge >= 0.3 is 0 Å². The lowest BCUT2D eigenvalue weighted by Gasteiger charge is -2.16. The number of hydrogen-bond donors (Lipinski definition) is 3. The first-order valence-corrected chi connectivity index (χ1v) is 8.75. The van der Waals surface area contributed by atoms with Gasteiger partial charge in [0.15, 0.2) is 0 Å². The maximum atomic E-state index is 12.5. The second-order valence-corrected chi connectivity index (χ2v) is 6.09. The summed E-state index contributed by atoms with van der Waals surface area (Å²) in [6.45, 7) is 1.84.